The van der Waals surface area contributed by atoms with Gasteiger partial charge < -0.3 is 4.42 Å². The molecule has 0 saturated carbocycles. The molecule has 1 heterocycles. The molecule has 0 atom stereocenters. The second-order valence-electron chi connectivity index (χ2n) is 18.8. The highest BCUT2D eigenvalue weighted by Gasteiger charge is 2.16. The first kappa shape index (κ1) is 38.1. The molecule has 1 nitrogen and oxygen atoms in total. The second kappa shape index (κ2) is 14.7. The third-order valence-corrected chi connectivity index (χ3v) is 14.9. The van der Waals surface area contributed by atoms with Crippen LogP contribution < -0.4 is 0 Å². The van der Waals surface area contributed by atoms with Crippen LogP contribution in [0, 0.1) is 0 Å². The zero-order chi connectivity index (χ0) is 45.2. The first-order valence-electron chi connectivity index (χ1n) is 23.9. The molecule has 0 fully saturated rings. The minimum atomic E-state index is 0.891. The van der Waals surface area contributed by atoms with Crippen molar-refractivity contribution in [1.29, 1.82) is 0 Å². The van der Waals surface area contributed by atoms with Crippen molar-refractivity contribution in [3.8, 4) is 44.5 Å². The Hall–Kier alpha value is -9.04. The molecule has 0 unspecified atom stereocenters. The molecular formula is C68H40O. The molecule has 14 aromatic carbocycles. The van der Waals surface area contributed by atoms with Crippen LogP contribution in [0.25, 0.3) is 153 Å². The largest absolute Gasteiger partial charge is 0.456 e. The SMILES string of the molecule is c1ccc2c(c1)ccc1cc(-c3ccc4ccc(-c5ccc6c(c5)oc5cc(-c7ccc8ccc(-c9cc%10ccc%11ccccc%11c%10c%10ccccc9%10)cc8c7)ccc56)cc4c3)c3ccccc3c12. The van der Waals surface area contributed by atoms with Crippen LogP contribution in [0.15, 0.2) is 247 Å². The first-order valence-corrected chi connectivity index (χ1v) is 23.9. The van der Waals surface area contributed by atoms with Crippen molar-refractivity contribution in [1.82, 2.24) is 0 Å². The van der Waals surface area contributed by atoms with Gasteiger partial charge in [0.15, 0.2) is 0 Å². The lowest BCUT2D eigenvalue weighted by molar-refractivity contribution is 0.669. The molecule has 0 aliphatic rings. The molecule has 0 spiro atoms. The normalized spacial score (nSPS) is 12.1. The maximum absolute atomic E-state index is 6.71. The van der Waals surface area contributed by atoms with Crippen LogP contribution in [0.4, 0.5) is 0 Å². The molecule has 0 aliphatic carbocycles. The average Bonchev–Trinajstić information content (AvgIpc) is 3.79. The zero-order valence-electron chi connectivity index (χ0n) is 37.5. The van der Waals surface area contributed by atoms with E-state index in [2.05, 4.69) is 243 Å². The van der Waals surface area contributed by atoms with Crippen LogP contribution in [0.3, 0.4) is 0 Å². The molecule has 0 bridgehead atoms. The van der Waals surface area contributed by atoms with Gasteiger partial charge in [-0.1, -0.05) is 182 Å². The van der Waals surface area contributed by atoms with Crippen LogP contribution in [0.5, 0.6) is 0 Å². The van der Waals surface area contributed by atoms with E-state index in [0.29, 0.717) is 0 Å². The van der Waals surface area contributed by atoms with Crippen LogP contribution in [-0.2, 0) is 0 Å². The Morgan fingerprint density at radius 3 is 0.986 bits per heavy atom. The fourth-order valence-corrected chi connectivity index (χ4v) is 11.6. The topological polar surface area (TPSA) is 13.1 Å². The predicted molar refractivity (Wildman–Crippen MR) is 296 cm³/mol. The molecule has 0 radical (unpaired) electrons. The second-order valence-corrected chi connectivity index (χ2v) is 18.8. The van der Waals surface area contributed by atoms with E-state index in [4.69, 9.17) is 4.42 Å². The van der Waals surface area contributed by atoms with Crippen LogP contribution in [-0.4, -0.2) is 0 Å². The Balaban J connectivity index is 0.778. The Bertz CT molecular complexity index is 4370. The summed E-state index contributed by atoms with van der Waals surface area (Å²) in [5.41, 5.74) is 11.3. The van der Waals surface area contributed by atoms with Gasteiger partial charge in [0.2, 0.25) is 0 Å². The Morgan fingerprint density at radius 2 is 0.522 bits per heavy atom. The lowest BCUT2D eigenvalue weighted by atomic mass is 9.90. The van der Waals surface area contributed by atoms with E-state index in [1.165, 1.54) is 120 Å². The maximum atomic E-state index is 6.71. The van der Waals surface area contributed by atoms with Gasteiger partial charge >= 0.3 is 0 Å². The predicted octanol–water partition coefficient (Wildman–Crippen LogP) is 19.5. The average molecular weight is 873 g/mol. The summed E-state index contributed by atoms with van der Waals surface area (Å²) in [5.74, 6) is 0. The van der Waals surface area contributed by atoms with E-state index >= 15 is 0 Å². The lowest BCUT2D eigenvalue weighted by Crippen LogP contribution is -1.87. The molecule has 0 saturated heterocycles. The number of hydrogen-bond donors (Lipinski definition) is 0. The summed E-state index contributed by atoms with van der Waals surface area (Å²) in [7, 11) is 0. The summed E-state index contributed by atoms with van der Waals surface area (Å²) in [6, 6.07) is 89.7. The molecule has 15 aromatic rings. The van der Waals surface area contributed by atoms with Gasteiger partial charge in [-0.05, 0) is 191 Å². The monoisotopic (exact) mass is 872 g/mol. The standard InChI is InChI=1S/C68H40O/c1-3-11-55-43(9-1)21-27-51-37-63(57-13-5-7-15-61(57)67(51)55)49-25-19-41-17-23-45(33-53(41)35-49)47-29-31-59-60-32-30-48(40-66(60)69-65(59)39-47)46-24-18-42-20-26-50(36-54(42)34-46)64-38-52-28-22-44-10-2-4-12-56(44)68(52)62-16-8-6-14-58(62)64/h1-40H. The highest BCUT2D eigenvalue weighted by Crippen LogP contribution is 2.42. The van der Waals surface area contributed by atoms with Gasteiger partial charge in [-0.2, -0.15) is 0 Å². The number of furan rings is 1. The van der Waals surface area contributed by atoms with Gasteiger partial charge in [-0.25, -0.2) is 0 Å². The van der Waals surface area contributed by atoms with E-state index < -0.39 is 0 Å². The first-order chi connectivity index (χ1) is 34.1. The molecule has 318 valence electrons. The highest BCUT2D eigenvalue weighted by atomic mass is 16.3. The highest BCUT2D eigenvalue weighted by molar-refractivity contribution is 6.25. The molecule has 0 N–H and O–H groups in total. The summed E-state index contributed by atoms with van der Waals surface area (Å²) in [4.78, 5) is 0. The fourth-order valence-electron chi connectivity index (χ4n) is 11.6. The van der Waals surface area contributed by atoms with Gasteiger partial charge in [-0.15, -0.1) is 0 Å². The molecule has 1 aromatic heterocycles. The van der Waals surface area contributed by atoms with Gasteiger partial charge in [0.25, 0.3) is 0 Å². The smallest absolute Gasteiger partial charge is 0.136 e. The summed E-state index contributed by atoms with van der Waals surface area (Å²) >= 11 is 0. The van der Waals surface area contributed by atoms with Gasteiger partial charge in [0.05, 0.1) is 0 Å². The molecule has 0 amide bonds. The van der Waals surface area contributed by atoms with E-state index in [1.54, 1.807) is 0 Å². The van der Waals surface area contributed by atoms with E-state index in [0.717, 1.165) is 33.1 Å². The van der Waals surface area contributed by atoms with Crippen molar-refractivity contribution in [2.24, 2.45) is 0 Å². The van der Waals surface area contributed by atoms with Crippen molar-refractivity contribution < 1.29 is 4.42 Å². The van der Waals surface area contributed by atoms with Gasteiger partial charge in [0.1, 0.15) is 11.2 Å². The zero-order valence-corrected chi connectivity index (χ0v) is 37.5. The molecular weight excluding hydrogens is 833 g/mol. The summed E-state index contributed by atoms with van der Waals surface area (Å²) in [6.07, 6.45) is 0. The Morgan fingerprint density at radius 1 is 0.188 bits per heavy atom. The summed E-state index contributed by atoms with van der Waals surface area (Å²) < 4.78 is 6.71. The third kappa shape index (κ3) is 5.97. The lowest BCUT2D eigenvalue weighted by Gasteiger charge is -2.14. The van der Waals surface area contributed by atoms with Crippen molar-refractivity contribution in [2.45, 2.75) is 0 Å². The number of rotatable bonds is 4. The van der Waals surface area contributed by atoms with E-state index in [1.807, 2.05) is 0 Å². The maximum Gasteiger partial charge on any atom is 0.136 e. The van der Waals surface area contributed by atoms with Crippen LogP contribution >= 0.6 is 0 Å². The molecule has 15 rings (SSSR count). The summed E-state index contributed by atoms with van der Waals surface area (Å²) in [5, 5.41) is 22.5. The minimum Gasteiger partial charge on any atom is -0.456 e. The van der Waals surface area contributed by atoms with E-state index in [-0.39, 0.29) is 0 Å². The summed E-state index contributed by atoms with van der Waals surface area (Å²) in [6.45, 7) is 0. The molecule has 69 heavy (non-hydrogen) atoms. The van der Waals surface area contributed by atoms with Crippen molar-refractivity contribution >= 4 is 108 Å². The quantitative estimate of drug-likeness (QED) is 0.161. The fraction of sp³-hybridized carbons (Fsp3) is 0. The molecule has 1 heteroatoms. The van der Waals surface area contributed by atoms with Crippen LogP contribution in [0.1, 0.15) is 0 Å². The van der Waals surface area contributed by atoms with Crippen molar-refractivity contribution in [3.05, 3.63) is 243 Å². The van der Waals surface area contributed by atoms with Gasteiger partial charge in [-0.3, -0.25) is 0 Å². The van der Waals surface area contributed by atoms with Gasteiger partial charge in [0, 0.05) is 10.8 Å². The Kier molecular flexibility index (Phi) is 8.13. The van der Waals surface area contributed by atoms with Crippen molar-refractivity contribution in [2.75, 3.05) is 0 Å². The number of benzene rings is 14. The number of fused-ring (bicyclic) bond motifs is 15. The Labute approximate surface area is 397 Å². The number of hydrogen-bond acceptors (Lipinski definition) is 1. The van der Waals surface area contributed by atoms with E-state index in [9.17, 15) is 0 Å². The van der Waals surface area contributed by atoms with Crippen molar-refractivity contribution in [3.63, 3.8) is 0 Å². The third-order valence-electron chi connectivity index (χ3n) is 14.9. The molecule has 0 aliphatic heterocycles. The van der Waals surface area contributed by atoms with Crippen LogP contribution in [0.2, 0.25) is 0 Å². The minimum absolute atomic E-state index is 0.891.